The number of amides is 2. The van der Waals surface area contributed by atoms with Crippen molar-refractivity contribution in [3.63, 3.8) is 0 Å². The first kappa shape index (κ1) is 16.0. The van der Waals surface area contributed by atoms with Gasteiger partial charge in [-0.1, -0.05) is 30.3 Å². The highest BCUT2D eigenvalue weighted by Crippen LogP contribution is 2.19. The van der Waals surface area contributed by atoms with E-state index in [1.807, 2.05) is 44.2 Å². The van der Waals surface area contributed by atoms with Crippen molar-refractivity contribution >= 4 is 11.7 Å². The molecule has 1 heterocycles. The molecule has 0 saturated heterocycles. The predicted molar refractivity (Wildman–Crippen MR) is 85.6 cm³/mol. The van der Waals surface area contributed by atoms with Gasteiger partial charge in [0, 0.05) is 12.2 Å². The maximum atomic E-state index is 11.9. The lowest BCUT2D eigenvalue weighted by molar-refractivity contribution is 0.0599. The number of carbonyl (C=O) groups excluding carboxylic acids is 1. The molecule has 2 amide bonds. The smallest absolute Gasteiger partial charge is 0.319 e. The standard InChI is InChI=1S/C16H22N4O2/c1-12(2)20-10-14(9-18-20)19-15(21)17-11-16(3,22)13-7-5-4-6-8-13/h4-10,12,22H,11H2,1-3H3,(H2,17,19,21). The van der Waals surface area contributed by atoms with E-state index < -0.39 is 5.60 Å². The molecule has 0 fully saturated rings. The van der Waals surface area contributed by atoms with Gasteiger partial charge < -0.3 is 15.7 Å². The number of anilines is 1. The number of urea groups is 1. The number of aliphatic hydroxyl groups is 1. The Morgan fingerprint density at radius 1 is 1.36 bits per heavy atom. The lowest BCUT2D eigenvalue weighted by atomic mass is 9.96. The van der Waals surface area contributed by atoms with E-state index in [9.17, 15) is 9.90 Å². The molecule has 0 bridgehead atoms. The van der Waals surface area contributed by atoms with Crippen molar-refractivity contribution in [1.29, 1.82) is 0 Å². The fourth-order valence-corrected chi connectivity index (χ4v) is 2.01. The van der Waals surface area contributed by atoms with Crippen LogP contribution in [0, 0.1) is 0 Å². The molecule has 1 unspecified atom stereocenters. The highest BCUT2D eigenvalue weighted by atomic mass is 16.3. The van der Waals surface area contributed by atoms with Crippen molar-refractivity contribution in [2.24, 2.45) is 0 Å². The van der Waals surface area contributed by atoms with Crippen LogP contribution in [0.5, 0.6) is 0 Å². The Morgan fingerprint density at radius 2 is 2.05 bits per heavy atom. The topological polar surface area (TPSA) is 79.2 Å². The second kappa shape index (κ2) is 6.62. The molecule has 3 N–H and O–H groups in total. The van der Waals surface area contributed by atoms with Crippen LogP contribution in [-0.2, 0) is 5.60 Å². The molecule has 1 atom stereocenters. The SMILES string of the molecule is CC(C)n1cc(NC(=O)NCC(C)(O)c2ccccc2)cn1. The van der Waals surface area contributed by atoms with E-state index in [0.717, 1.165) is 5.56 Å². The summed E-state index contributed by atoms with van der Waals surface area (Å²) in [6.07, 6.45) is 3.36. The van der Waals surface area contributed by atoms with Crippen molar-refractivity contribution in [3.8, 4) is 0 Å². The Kier molecular flexibility index (Phi) is 4.82. The van der Waals surface area contributed by atoms with Gasteiger partial charge in [0.15, 0.2) is 0 Å². The predicted octanol–water partition coefficient (Wildman–Crippen LogP) is 2.49. The lowest BCUT2D eigenvalue weighted by Crippen LogP contribution is -2.40. The average molecular weight is 302 g/mol. The van der Waals surface area contributed by atoms with E-state index in [2.05, 4.69) is 15.7 Å². The minimum atomic E-state index is -1.12. The van der Waals surface area contributed by atoms with Gasteiger partial charge in [-0.25, -0.2) is 4.79 Å². The summed E-state index contributed by atoms with van der Waals surface area (Å²) in [7, 11) is 0. The zero-order chi connectivity index (χ0) is 16.2. The van der Waals surface area contributed by atoms with Crippen LogP contribution < -0.4 is 10.6 Å². The molecule has 0 saturated carbocycles. The number of hydrogen-bond acceptors (Lipinski definition) is 3. The number of carbonyl (C=O) groups is 1. The lowest BCUT2D eigenvalue weighted by Gasteiger charge is -2.24. The van der Waals surface area contributed by atoms with Crippen molar-refractivity contribution < 1.29 is 9.90 Å². The summed E-state index contributed by atoms with van der Waals surface area (Å²) in [5.41, 5.74) is 0.245. The van der Waals surface area contributed by atoms with Gasteiger partial charge in [0.2, 0.25) is 0 Å². The first-order valence-corrected chi connectivity index (χ1v) is 7.25. The van der Waals surface area contributed by atoms with Crippen LogP contribution in [0.15, 0.2) is 42.7 Å². The first-order valence-electron chi connectivity index (χ1n) is 7.25. The molecular weight excluding hydrogens is 280 g/mol. The van der Waals surface area contributed by atoms with Gasteiger partial charge in [-0.3, -0.25) is 4.68 Å². The third-order valence-electron chi connectivity index (χ3n) is 3.38. The molecule has 118 valence electrons. The molecule has 6 nitrogen and oxygen atoms in total. The Balaban J connectivity index is 1.89. The van der Waals surface area contributed by atoms with E-state index in [1.165, 1.54) is 0 Å². The summed E-state index contributed by atoms with van der Waals surface area (Å²) < 4.78 is 1.76. The summed E-state index contributed by atoms with van der Waals surface area (Å²) in [5, 5.41) is 19.9. The molecule has 6 heteroatoms. The fourth-order valence-electron chi connectivity index (χ4n) is 2.01. The second-order valence-electron chi connectivity index (χ2n) is 5.75. The van der Waals surface area contributed by atoms with Crippen LogP contribution in [0.2, 0.25) is 0 Å². The minimum Gasteiger partial charge on any atom is -0.384 e. The number of rotatable bonds is 5. The maximum Gasteiger partial charge on any atom is 0.319 e. The zero-order valence-corrected chi connectivity index (χ0v) is 13.1. The minimum absolute atomic E-state index is 0.112. The van der Waals surface area contributed by atoms with Crippen LogP contribution in [0.4, 0.5) is 10.5 Å². The summed E-state index contributed by atoms with van der Waals surface area (Å²) in [6, 6.07) is 9.09. The quantitative estimate of drug-likeness (QED) is 0.794. The third-order valence-corrected chi connectivity index (χ3v) is 3.38. The van der Waals surface area contributed by atoms with Gasteiger partial charge in [0.25, 0.3) is 0 Å². The summed E-state index contributed by atoms with van der Waals surface area (Å²) in [5.74, 6) is 0. The summed E-state index contributed by atoms with van der Waals surface area (Å²) in [4.78, 5) is 11.9. The van der Waals surface area contributed by atoms with Crippen LogP contribution in [0.1, 0.15) is 32.4 Å². The molecular formula is C16H22N4O2. The molecule has 1 aromatic carbocycles. The van der Waals surface area contributed by atoms with Gasteiger partial charge in [0.1, 0.15) is 5.60 Å². The van der Waals surface area contributed by atoms with Gasteiger partial charge in [-0.05, 0) is 26.3 Å². The number of nitrogens with one attached hydrogen (secondary N) is 2. The second-order valence-corrected chi connectivity index (χ2v) is 5.75. The van der Waals surface area contributed by atoms with Crippen LogP contribution >= 0.6 is 0 Å². The average Bonchev–Trinajstić information content (AvgIpc) is 2.95. The molecule has 0 aliphatic heterocycles. The normalized spacial score (nSPS) is 13.7. The highest BCUT2D eigenvalue weighted by molar-refractivity contribution is 5.88. The van der Waals surface area contributed by atoms with Crippen LogP contribution in [0.25, 0.3) is 0 Å². The molecule has 0 spiro atoms. The van der Waals surface area contributed by atoms with Crippen LogP contribution in [-0.4, -0.2) is 27.5 Å². The van der Waals surface area contributed by atoms with Gasteiger partial charge in [-0.15, -0.1) is 0 Å². The van der Waals surface area contributed by atoms with Crippen molar-refractivity contribution in [1.82, 2.24) is 15.1 Å². The molecule has 1 aromatic heterocycles. The number of nitrogens with zero attached hydrogens (tertiary/aromatic N) is 2. The Bertz CT molecular complexity index is 620. The van der Waals surface area contributed by atoms with E-state index in [4.69, 9.17) is 0 Å². The number of benzene rings is 1. The van der Waals surface area contributed by atoms with E-state index in [0.29, 0.717) is 5.69 Å². The largest absolute Gasteiger partial charge is 0.384 e. The summed E-state index contributed by atoms with van der Waals surface area (Å²) in [6.45, 7) is 5.79. The maximum absolute atomic E-state index is 11.9. The Labute approximate surface area is 130 Å². The zero-order valence-electron chi connectivity index (χ0n) is 13.1. The molecule has 2 rings (SSSR count). The highest BCUT2D eigenvalue weighted by Gasteiger charge is 2.23. The summed E-state index contributed by atoms with van der Waals surface area (Å²) >= 11 is 0. The van der Waals surface area contributed by atoms with E-state index in [-0.39, 0.29) is 18.6 Å². The fraction of sp³-hybridized carbons (Fsp3) is 0.375. The Hall–Kier alpha value is -2.34. The van der Waals surface area contributed by atoms with Crippen LogP contribution in [0.3, 0.4) is 0 Å². The van der Waals surface area contributed by atoms with E-state index in [1.54, 1.807) is 24.0 Å². The molecule has 0 aliphatic carbocycles. The van der Waals surface area contributed by atoms with Crippen molar-refractivity contribution in [3.05, 3.63) is 48.3 Å². The molecule has 2 aromatic rings. The first-order chi connectivity index (χ1) is 10.4. The molecule has 0 radical (unpaired) electrons. The van der Waals surface area contributed by atoms with E-state index >= 15 is 0 Å². The van der Waals surface area contributed by atoms with Gasteiger partial charge >= 0.3 is 6.03 Å². The molecule has 0 aliphatic rings. The van der Waals surface area contributed by atoms with Gasteiger partial charge in [-0.2, -0.15) is 5.10 Å². The molecule has 22 heavy (non-hydrogen) atoms. The van der Waals surface area contributed by atoms with Gasteiger partial charge in [0.05, 0.1) is 18.4 Å². The number of hydrogen-bond donors (Lipinski definition) is 3. The monoisotopic (exact) mass is 302 g/mol. The van der Waals surface area contributed by atoms with Crippen molar-refractivity contribution in [2.45, 2.75) is 32.4 Å². The third kappa shape index (κ3) is 4.08. The van der Waals surface area contributed by atoms with Crippen molar-refractivity contribution in [2.75, 3.05) is 11.9 Å². The number of aromatic nitrogens is 2. The Morgan fingerprint density at radius 3 is 2.64 bits per heavy atom.